The van der Waals surface area contributed by atoms with Gasteiger partial charge in [-0.05, 0) is 36.6 Å². The van der Waals surface area contributed by atoms with E-state index in [9.17, 15) is 0 Å². The monoisotopic (exact) mass is 257 g/mol. The number of nitrogens with zero attached hydrogens (tertiary/aromatic N) is 2. The quantitative estimate of drug-likeness (QED) is 0.914. The normalized spacial score (nSPS) is 10.8. The number of ether oxygens (including phenoxy) is 1. The van der Waals surface area contributed by atoms with Gasteiger partial charge in [0.05, 0.1) is 5.69 Å². The van der Waals surface area contributed by atoms with Crippen LogP contribution in [0.15, 0.2) is 30.3 Å². The van der Waals surface area contributed by atoms with Crippen molar-refractivity contribution in [1.29, 1.82) is 0 Å². The topological polar surface area (TPSA) is 61.0 Å². The molecule has 0 aliphatic heterocycles. The van der Waals surface area contributed by atoms with Crippen LogP contribution < -0.4 is 10.5 Å². The van der Waals surface area contributed by atoms with Crippen LogP contribution in [0.2, 0.25) is 0 Å². The van der Waals surface area contributed by atoms with Crippen LogP contribution in [0.25, 0.3) is 0 Å². The molecule has 2 rings (SSSR count). The highest BCUT2D eigenvalue weighted by atomic mass is 16.5. The average molecular weight is 257 g/mol. The molecular formula is C15H19N3O. The van der Waals surface area contributed by atoms with Crippen molar-refractivity contribution in [2.24, 2.45) is 5.73 Å². The van der Waals surface area contributed by atoms with Crippen LogP contribution in [-0.4, -0.2) is 9.97 Å². The molecule has 4 heteroatoms. The van der Waals surface area contributed by atoms with E-state index in [0.29, 0.717) is 18.5 Å². The van der Waals surface area contributed by atoms with Crippen molar-refractivity contribution in [2.75, 3.05) is 0 Å². The molecule has 0 fully saturated rings. The van der Waals surface area contributed by atoms with E-state index in [0.717, 1.165) is 22.7 Å². The molecule has 1 aromatic heterocycles. The van der Waals surface area contributed by atoms with Crippen molar-refractivity contribution in [3.63, 3.8) is 0 Å². The van der Waals surface area contributed by atoms with Gasteiger partial charge in [0.1, 0.15) is 5.75 Å². The van der Waals surface area contributed by atoms with E-state index in [2.05, 4.69) is 23.8 Å². The molecule has 0 bridgehead atoms. The summed E-state index contributed by atoms with van der Waals surface area (Å²) in [5.74, 6) is 1.07. The third-order valence-corrected chi connectivity index (χ3v) is 2.81. The van der Waals surface area contributed by atoms with E-state index in [1.807, 2.05) is 37.3 Å². The van der Waals surface area contributed by atoms with Crippen LogP contribution >= 0.6 is 0 Å². The molecule has 1 aromatic carbocycles. The van der Waals surface area contributed by atoms with Gasteiger partial charge in [-0.1, -0.05) is 26.0 Å². The van der Waals surface area contributed by atoms with Crippen LogP contribution in [0.4, 0.5) is 0 Å². The summed E-state index contributed by atoms with van der Waals surface area (Å²) in [5.41, 5.74) is 8.53. The summed E-state index contributed by atoms with van der Waals surface area (Å²) in [6.45, 7) is 6.67. The summed E-state index contributed by atoms with van der Waals surface area (Å²) >= 11 is 0. The van der Waals surface area contributed by atoms with E-state index in [4.69, 9.17) is 10.5 Å². The van der Waals surface area contributed by atoms with Crippen molar-refractivity contribution in [3.05, 3.63) is 47.3 Å². The predicted molar refractivity (Wildman–Crippen MR) is 75.3 cm³/mol. The number of benzene rings is 1. The fourth-order valence-corrected chi connectivity index (χ4v) is 1.71. The van der Waals surface area contributed by atoms with Crippen molar-refractivity contribution in [3.8, 4) is 11.8 Å². The van der Waals surface area contributed by atoms with Gasteiger partial charge in [-0.2, -0.15) is 4.98 Å². The Hall–Kier alpha value is -1.94. The van der Waals surface area contributed by atoms with Gasteiger partial charge in [-0.15, -0.1) is 0 Å². The number of aryl methyl sites for hydroxylation is 1. The average Bonchev–Trinajstić information content (AvgIpc) is 2.39. The third-order valence-electron chi connectivity index (χ3n) is 2.81. The molecule has 1 heterocycles. The molecule has 0 unspecified atom stereocenters. The Kier molecular flexibility index (Phi) is 4.12. The first-order valence-electron chi connectivity index (χ1n) is 6.41. The SMILES string of the molecule is Cc1cc(C(C)C)nc(Oc2ccc(CN)cc2)n1. The largest absolute Gasteiger partial charge is 0.424 e. The van der Waals surface area contributed by atoms with Gasteiger partial charge in [0.25, 0.3) is 0 Å². The molecule has 0 aliphatic carbocycles. The second-order valence-corrected chi connectivity index (χ2v) is 4.82. The Morgan fingerprint density at radius 3 is 2.42 bits per heavy atom. The fraction of sp³-hybridized carbons (Fsp3) is 0.333. The highest BCUT2D eigenvalue weighted by Crippen LogP contribution is 2.21. The zero-order valence-corrected chi connectivity index (χ0v) is 11.6. The molecule has 0 aliphatic rings. The molecule has 4 nitrogen and oxygen atoms in total. The molecule has 19 heavy (non-hydrogen) atoms. The lowest BCUT2D eigenvalue weighted by atomic mass is 10.1. The first kappa shape index (κ1) is 13.5. The van der Waals surface area contributed by atoms with Crippen LogP contribution in [0.1, 0.15) is 36.7 Å². The zero-order chi connectivity index (χ0) is 13.8. The molecule has 2 aromatic rings. The number of nitrogens with two attached hydrogens (primary N) is 1. The van der Waals surface area contributed by atoms with Crippen molar-refractivity contribution in [1.82, 2.24) is 9.97 Å². The van der Waals surface area contributed by atoms with Crippen molar-refractivity contribution in [2.45, 2.75) is 33.2 Å². The molecule has 0 saturated carbocycles. The number of rotatable bonds is 4. The van der Waals surface area contributed by atoms with Gasteiger partial charge >= 0.3 is 6.01 Å². The lowest BCUT2D eigenvalue weighted by molar-refractivity contribution is 0.436. The van der Waals surface area contributed by atoms with Gasteiger partial charge in [-0.25, -0.2) is 4.98 Å². The summed E-state index contributed by atoms with van der Waals surface area (Å²) in [7, 11) is 0. The van der Waals surface area contributed by atoms with Gasteiger partial charge in [0.2, 0.25) is 0 Å². The number of hydrogen-bond acceptors (Lipinski definition) is 4. The first-order valence-corrected chi connectivity index (χ1v) is 6.41. The maximum absolute atomic E-state index is 5.69. The van der Waals surface area contributed by atoms with E-state index in [-0.39, 0.29) is 0 Å². The fourth-order valence-electron chi connectivity index (χ4n) is 1.71. The molecule has 100 valence electrons. The van der Waals surface area contributed by atoms with E-state index >= 15 is 0 Å². The second kappa shape index (κ2) is 5.80. The van der Waals surface area contributed by atoms with E-state index in [1.54, 1.807) is 0 Å². The minimum atomic E-state index is 0.351. The van der Waals surface area contributed by atoms with Crippen LogP contribution in [-0.2, 0) is 6.54 Å². The van der Waals surface area contributed by atoms with E-state index < -0.39 is 0 Å². The maximum Gasteiger partial charge on any atom is 0.322 e. The predicted octanol–water partition coefficient (Wildman–Crippen LogP) is 3.16. The second-order valence-electron chi connectivity index (χ2n) is 4.82. The molecule has 0 radical (unpaired) electrons. The minimum absolute atomic E-state index is 0.351. The van der Waals surface area contributed by atoms with Crippen LogP contribution in [0.3, 0.4) is 0 Å². The smallest absolute Gasteiger partial charge is 0.322 e. The molecule has 0 spiro atoms. The summed E-state index contributed by atoms with van der Waals surface area (Å²) in [4.78, 5) is 8.71. The van der Waals surface area contributed by atoms with Gasteiger partial charge < -0.3 is 10.5 Å². The summed E-state index contributed by atoms with van der Waals surface area (Å²) in [6, 6.07) is 10.0. The summed E-state index contributed by atoms with van der Waals surface area (Å²) < 4.78 is 5.69. The van der Waals surface area contributed by atoms with Crippen molar-refractivity contribution < 1.29 is 4.74 Å². The maximum atomic E-state index is 5.69. The van der Waals surface area contributed by atoms with Gasteiger partial charge in [0, 0.05) is 12.2 Å². The number of aromatic nitrogens is 2. The summed E-state index contributed by atoms with van der Waals surface area (Å²) in [6.07, 6.45) is 0. The highest BCUT2D eigenvalue weighted by molar-refractivity contribution is 5.29. The molecule has 0 amide bonds. The zero-order valence-electron chi connectivity index (χ0n) is 11.6. The Morgan fingerprint density at radius 2 is 1.84 bits per heavy atom. The highest BCUT2D eigenvalue weighted by Gasteiger charge is 2.07. The molecule has 2 N–H and O–H groups in total. The molecule has 0 saturated heterocycles. The molecular weight excluding hydrogens is 238 g/mol. The Labute approximate surface area is 113 Å². The summed E-state index contributed by atoms with van der Waals surface area (Å²) in [5, 5.41) is 0. The van der Waals surface area contributed by atoms with Gasteiger partial charge in [0.15, 0.2) is 0 Å². The Bertz CT molecular complexity index is 550. The lowest BCUT2D eigenvalue weighted by Gasteiger charge is -2.09. The standard InChI is InChI=1S/C15H19N3O/c1-10(2)14-8-11(3)17-15(18-14)19-13-6-4-12(9-16)5-7-13/h4-8,10H,9,16H2,1-3H3. The van der Waals surface area contributed by atoms with Crippen LogP contribution in [0.5, 0.6) is 11.8 Å². The first-order chi connectivity index (χ1) is 9.08. The Morgan fingerprint density at radius 1 is 1.16 bits per heavy atom. The minimum Gasteiger partial charge on any atom is -0.424 e. The van der Waals surface area contributed by atoms with Crippen LogP contribution in [0, 0.1) is 6.92 Å². The number of hydrogen-bond donors (Lipinski definition) is 1. The van der Waals surface area contributed by atoms with E-state index in [1.165, 1.54) is 0 Å². The van der Waals surface area contributed by atoms with Crippen molar-refractivity contribution >= 4 is 0 Å². The lowest BCUT2D eigenvalue weighted by Crippen LogP contribution is -2.00. The Balaban J connectivity index is 2.22. The van der Waals surface area contributed by atoms with Gasteiger partial charge in [-0.3, -0.25) is 0 Å². The molecule has 0 atom stereocenters. The third kappa shape index (κ3) is 3.51.